The number of ether oxygens (including phenoxy) is 1. The van der Waals surface area contributed by atoms with Crippen molar-refractivity contribution in [1.29, 1.82) is 0 Å². The number of carboxylic acid groups (broad SMARTS) is 1. The lowest BCUT2D eigenvalue weighted by atomic mass is 10.2. The minimum absolute atomic E-state index is 0.157. The molecule has 1 aliphatic heterocycles. The molecule has 1 unspecified atom stereocenters. The summed E-state index contributed by atoms with van der Waals surface area (Å²) in [5.74, 6) is -0.221. The second kappa shape index (κ2) is 3.49. The first-order valence-corrected chi connectivity index (χ1v) is 4.88. The normalized spacial score (nSPS) is 19.1. The smallest absolute Gasteiger partial charge is 0.329 e. The Kier molecular flexibility index (Phi) is 2.33. The summed E-state index contributed by atoms with van der Waals surface area (Å²) >= 11 is 3.30. The first kappa shape index (κ1) is 9.33. The monoisotopic (exact) mass is 257 g/mol. The highest BCUT2D eigenvalue weighted by Gasteiger charge is 2.24. The van der Waals surface area contributed by atoms with Crippen molar-refractivity contribution in [3.63, 3.8) is 0 Å². The second-order valence-electron chi connectivity index (χ2n) is 2.99. The molecule has 0 saturated heterocycles. The largest absolute Gasteiger partial charge is 0.489 e. The van der Waals surface area contributed by atoms with Gasteiger partial charge in [0, 0.05) is 4.47 Å². The molecule has 1 aromatic rings. The maximum Gasteiger partial charge on any atom is 0.329 e. The predicted octanol–water partition coefficient (Wildman–Crippen LogP) is 1.71. The molecule has 4 nitrogen and oxygen atoms in total. The molecule has 0 fully saturated rings. The van der Waals surface area contributed by atoms with E-state index in [-0.39, 0.29) is 6.61 Å². The minimum Gasteiger partial charge on any atom is -0.489 e. The van der Waals surface area contributed by atoms with Gasteiger partial charge in [-0.15, -0.1) is 0 Å². The van der Waals surface area contributed by atoms with Crippen LogP contribution in [0.15, 0.2) is 22.7 Å². The van der Waals surface area contributed by atoms with E-state index in [1.165, 1.54) is 0 Å². The number of anilines is 1. The molecule has 5 heteroatoms. The van der Waals surface area contributed by atoms with Gasteiger partial charge in [-0.05, 0) is 18.2 Å². The van der Waals surface area contributed by atoms with Crippen LogP contribution in [-0.2, 0) is 4.79 Å². The number of carboxylic acids is 1. The van der Waals surface area contributed by atoms with Crippen LogP contribution in [0.1, 0.15) is 0 Å². The molecule has 0 amide bonds. The molecule has 2 rings (SSSR count). The van der Waals surface area contributed by atoms with Crippen LogP contribution in [-0.4, -0.2) is 23.7 Å². The Morgan fingerprint density at radius 3 is 3.14 bits per heavy atom. The number of nitrogens with one attached hydrogen (secondary N) is 1. The van der Waals surface area contributed by atoms with Crippen molar-refractivity contribution in [2.45, 2.75) is 6.04 Å². The minimum atomic E-state index is -0.907. The lowest BCUT2D eigenvalue weighted by molar-refractivity contribution is -0.138. The van der Waals surface area contributed by atoms with Crippen molar-refractivity contribution in [2.24, 2.45) is 0 Å². The van der Waals surface area contributed by atoms with Gasteiger partial charge >= 0.3 is 5.97 Å². The third kappa shape index (κ3) is 1.68. The molecule has 2 N–H and O–H groups in total. The number of benzene rings is 1. The topological polar surface area (TPSA) is 58.6 Å². The molecular formula is C9H8BrNO3. The van der Waals surface area contributed by atoms with Gasteiger partial charge in [-0.2, -0.15) is 0 Å². The fourth-order valence-electron chi connectivity index (χ4n) is 1.28. The summed E-state index contributed by atoms with van der Waals surface area (Å²) < 4.78 is 6.18. The number of halogens is 1. The molecule has 1 heterocycles. The summed E-state index contributed by atoms with van der Waals surface area (Å²) in [5.41, 5.74) is 0.707. The number of fused-ring (bicyclic) bond motifs is 1. The Morgan fingerprint density at radius 2 is 2.43 bits per heavy atom. The zero-order valence-electron chi connectivity index (χ0n) is 7.16. The van der Waals surface area contributed by atoms with Gasteiger partial charge in [-0.3, -0.25) is 0 Å². The Labute approximate surface area is 89.0 Å². The van der Waals surface area contributed by atoms with E-state index in [4.69, 9.17) is 9.84 Å². The first-order chi connectivity index (χ1) is 6.66. The van der Waals surface area contributed by atoms with E-state index in [0.717, 1.165) is 4.47 Å². The quantitative estimate of drug-likeness (QED) is 0.805. The maximum absolute atomic E-state index is 10.7. The number of hydrogen-bond donors (Lipinski definition) is 2. The molecule has 0 radical (unpaired) electrons. The summed E-state index contributed by atoms with van der Waals surface area (Å²) in [6.45, 7) is 0.157. The highest BCUT2D eigenvalue weighted by molar-refractivity contribution is 9.10. The average molecular weight is 258 g/mol. The molecule has 74 valence electrons. The fourth-order valence-corrected chi connectivity index (χ4v) is 1.64. The highest BCUT2D eigenvalue weighted by Crippen LogP contribution is 2.31. The predicted molar refractivity (Wildman–Crippen MR) is 54.7 cm³/mol. The summed E-state index contributed by atoms with van der Waals surface area (Å²) in [6.07, 6.45) is 0. The van der Waals surface area contributed by atoms with Crippen molar-refractivity contribution in [1.82, 2.24) is 0 Å². The second-order valence-corrected chi connectivity index (χ2v) is 3.90. The van der Waals surface area contributed by atoms with Gasteiger partial charge in [0.05, 0.1) is 5.69 Å². The van der Waals surface area contributed by atoms with Crippen LogP contribution in [0.4, 0.5) is 5.69 Å². The molecule has 0 bridgehead atoms. The van der Waals surface area contributed by atoms with Crippen molar-refractivity contribution in [3.8, 4) is 5.75 Å². The number of carbonyl (C=O) groups is 1. The lowest BCUT2D eigenvalue weighted by Gasteiger charge is -2.24. The van der Waals surface area contributed by atoms with E-state index < -0.39 is 12.0 Å². The van der Waals surface area contributed by atoms with Gasteiger partial charge in [0.15, 0.2) is 6.04 Å². The molecule has 14 heavy (non-hydrogen) atoms. The number of rotatable bonds is 1. The van der Waals surface area contributed by atoms with Crippen LogP contribution >= 0.6 is 15.9 Å². The van der Waals surface area contributed by atoms with Crippen LogP contribution in [0.5, 0.6) is 5.75 Å². The van der Waals surface area contributed by atoms with Gasteiger partial charge in [0.2, 0.25) is 0 Å². The van der Waals surface area contributed by atoms with E-state index in [1.807, 2.05) is 6.07 Å². The third-order valence-corrected chi connectivity index (χ3v) is 2.47. The fraction of sp³-hybridized carbons (Fsp3) is 0.222. The molecule has 1 atom stereocenters. The van der Waals surface area contributed by atoms with Crippen molar-refractivity contribution < 1.29 is 14.6 Å². The summed E-state index contributed by atoms with van der Waals surface area (Å²) in [6, 6.07) is 4.77. The third-order valence-electron chi connectivity index (χ3n) is 1.97. The lowest BCUT2D eigenvalue weighted by Crippen LogP contribution is -2.38. The van der Waals surface area contributed by atoms with Crippen LogP contribution < -0.4 is 10.1 Å². The Bertz CT molecular complexity index is 380. The highest BCUT2D eigenvalue weighted by atomic mass is 79.9. The Balaban J connectivity index is 2.29. The van der Waals surface area contributed by atoms with Crippen LogP contribution in [0, 0.1) is 0 Å². The maximum atomic E-state index is 10.7. The van der Waals surface area contributed by atoms with Crippen molar-refractivity contribution in [2.75, 3.05) is 11.9 Å². The summed E-state index contributed by atoms with van der Waals surface area (Å²) in [5, 5.41) is 11.7. The SMILES string of the molecule is O=C(O)C1COc2ccc(Br)cc2N1. The summed E-state index contributed by atoms with van der Waals surface area (Å²) in [4.78, 5) is 10.7. The molecule has 0 saturated carbocycles. The molecule has 1 aliphatic rings. The van der Waals surface area contributed by atoms with Crippen molar-refractivity contribution in [3.05, 3.63) is 22.7 Å². The van der Waals surface area contributed by atoms with E-state index in [9.17, 15) is 4.79 Å². The van der Waals surface area contributed by atoms with E-state index in [1.54, 1.807) is 12.1 Å². The van der Waals surface area contributed by atoms with Crippen LogP contribution in [0.3, 0.4) is 0 Å². The van der Waals surface area contributed by atoms with Gasteiger partial charge in [0.1, 0.15) is 12.4 Å². The first-order valence-electron chi connectivity index (χ1n) is 4.08. The molecular weight excluding hydrogens is 250 g/mol. The molecule has 1 aromatic carbocycles. The zero-order valence-corrected chi connectivity index (χ0v) is 8.74. The summed E-state index contributed by atoms with van der Waals surface area (Å²) in [7, 11) is 0. The van der Waals surface area contributed by atoms with E-state index >= 15 is 0 Å². The van der Waals surface area contributed by atoms with E-state index in [0.29, 0.717) is 11.4 Å². The Morgan fingerprint density at radius 1 is 1.64 bits per heavy atom. The zero-order chi connectivity index (χ0) is 10.1. The standard InChI is InChI=1S/C9H8BrNO3/c10-5-1-2-8-6(3-5)11-7(4-14-8)9(12)13/h1-3,7,11H,4H2,(H,12,13). The van der Waals surface area contributed by atoms with Gasteiger partial charge in [-0.25, -0.2) is 4.79 Å². The van der Waals surface area contributed by atoms with Crippen LogP contribution in [0.25, 0.3) is 0 Å². The molecule has 0 aliphatic carbocycles. The molecule has 0 spiro atoms. The number of aliphatic carboxylic acids is 1. The average Bonchev–Trinajstić information content (AvgIpc) is 2.16. The van der Waals surface area contributed by atoms with Crippen molar-refractivity contribution >= 4 is 27.6 Å². The van der Waals surface area contributed by atoms with Gasteiger partial charge in [0.25, 0.3) is 0 Å². The van der Waals surface area contributed by atoms with Gasteiger partial charge in [-0.1, -0.05) is 15.9 Å². The van der Waals surface area contributed by atoms with Crippen LogP contribution in [0.2, 0.25) is 0 Å². The molecule has 0 aromatic heterocycles. The van der Waals surface area contributed by atoms with E-state index in [2.05, 4.69) is 21.2 Å². The Hall–Kier alpha value is -1.23. The number of hydrogen-bond acceptors (Lipinski definition) is 3. The van der Waals surface area contributed by atoms with Gasteiger partial charge < -0.3 is 15.2 Å².